The zero-order chi connectivity index (χ0) is 20.5. The van der Waals surface area contributed by atoms with Crippen molar-refractivity contribution in [2.75, 3.05) is 11.1 Å². The summed E-state index contributed by atoms with van der Waals surface area (Å²) in [5.41, 5.74) is 9.68. The Balaban J connectivity index is 0.000000994. The van der Waals surface area contributed by atoms with Gasteiger partial charge in [0.25, 0.3) is 0 Å². The molecule has 29 heavy (non-hydrogen) atoms. The van der Waals surface area contributed by atoms with Crippen molar-refractivity contribution in [1.82, 2.24) is 19.7 Å². The molecule has 0 radical (unpaired) electrons. The number of hydrogen-bond donors (Lipinski definition) is 2. The summed E-state index contributed by atoms with van der Waals surface area (Å²) in [7, 11) is 1.89. The maximum absolute atomic E-state index is 12.0. The lowest BCUT2D eigenvalue weighted by atomic mass is 10.00. The normalized spacial score (nSPS) is 13.1. The van der Waals surface area contributed by atoms with Crippen LogP contribution in [0, 0.1) is 17.8 Å². The highest BCUT2D eigenvalue weighted by Crippen LogP contribution is 2.34. The van der Waals surface area contributed by atoms with Crippen LogP contribution in [0.2, 0.25) is 0 Å². The van der Waals surface area contributed by atoms with E-state index in [0.717, 1.165) is 45.6 Å². The third kappa shape index (κ3) is 3.46. The van der Waals surface area contributed by atoms with E-state index in [0.29, 0.717) is 11.5 Å². The van der Waals surface area contributed by atoms with Crippen molar-refractivity contribution in [3.05, 3.63) is 43.0 Å². The second-order valence-electron chi connectivity index (χ2n) is 7.04. The molecule has 0 spiro atoms. The molecule has 1 aliphatic carbocycles. The van der Waals surface area contributed by atoms with Crippen LogP contribution in [0.1, 0.15) is 12.8 Å². The highest BCUT2D eigenvalue weighted by atomic mass is 16.2. The number of nitrogen functional groups attached to an aromatic ring is 1. The number of hydrogen-bond acceptors (Lipinski definition) is 6. The third-order valence-corrected chi connectivity index (χ3v) is 4.93. The van der Waals surface area contributed by atoms with Gasteiger partial charge in [0.05, 0.1) is 6.20 Å². The predicted octanol–water partition coefficient (Wildman–Crippen LogP) is 3.25. The molecule has 0 bridgehead atoms. The van der Waals surface area contributed by atoms with Crippen LogP contribution in [0.4, 0.5) is 11.5 Å². The van der Waals surface area contributed by atoms with Crippen molar-refractivity contribution in [1.29, 1.82) is 5.26 Å². The Labute approximate surface area is 167 Å². The first-order chi connectivity index (χ1) is 14.1. The van der Waals surface area contributed by atoms with Gasteiger partial charge in [-0.05, 0) is 42.0 Å². The molecule has 0 atom stereocenters. The van der Waals surface area contributed by atoms with Crippen molar-refractivity contribution < 1.29 is 4.79 Å². The van der Waals surface area contributed by atoms with Crippen LogP contribution in [0.3, 0.4) is 0 Å². The summed E-state index contributed by atoms with van der Waals surface area (Å²) in [4.78, 5) is 20.7. The van der Waals surface area contributed by atoms with Crippen molar-refractivity contribution in [3.63, 3.8) is 0 Å². The molecule has 3 heterocycles. The van der Waals surface area contributed by atoms with E-state index in [1.165, 1.54) is 0 Å². The maximum Gasteiger partial charge on any atom is 0.228 e. The number of pyridine rings is 2. The quantitative estimate of drug-likeness (QED) is 0.522. The summed E-state index contributed by atoms with van der Waals surface area (Å²) in [5.74, 6) is 0.720. The van der Waals surface area contributed by atoms with E-state index in [-0.39, 0.29) is 11.8 Å². The SMILES string of the molecule is C#N.Cn1cc2c(-c3cc(N)c4cnc(NC(=O)C5CC5)cc4c3)cncc2n1. The summed E-state index contributed by atoms with van der Waals surface area (Å²) in [6.45, 7) is 3.50. The summed E-state index contributed by atoms with van der Waals surface area (Å²) < 4.78 is 1.77. The van der Waals surface area contributed by atoms with Gasteiger partial charge in [-0.2, -0.15) is 5.10 Å². The molecule has 8 nitrogen and oxygen atoms in total. The Morgan fingerprint density at radius 2 is 2.00 bits per heavy atom. The molecule has 5 rings (SSSR count). The smallest absolute Gasteiger partial charge is 0.228 e. The minimum atomic E-state index is 0.0373. The third-order valence-electron chi connectivity index (χ3n) is 4.93. The fourth-order valence-corrected chi connectivity index (χ4v) is 3.37. The molecule has 3 aromatic heterocycles. The molecule has 1 saturated carbocycles. The van der Waals surface area contributed by atoms with Crippen LogP contribution < -0.4 is 11.1 Å². The van der Waals surface area contributed by atoms with E-state index in [1.807, 2.05) is 37.6 Å². The van der Waals surface area contributed by atoms with Gasteiger partial charge in [-0.25, -0.2) is 10.2 Å². The Morgan fingerprint density at radius 1 is 1.21 bits per heavy atom. The van der Waals surface area contributed by atoms with E-state index < -0.39 is 0 Å². The molecular formula is C21H19N7O. The zero-order valence-electron chi connectivity index (χ0n) is 15.8. The van der Waals surface area contributed by atoms with E-state index >= 15 is 0 Å². The second kappa shape index (κ2) is 7.20. The minimum absolute atomic E-state index is 0.0373. The molecule has 4 aromatic rings. The molecule has 1 fully saturated rings. The van der Waals surface area contributed by atoms with Crippen molar-refractivity contribution in [2.24, 2.45) is 13.0 Å². The number of aryl methyl sites for hydroxylation is 1. The number of fused-ring (bicyclic) bond motifs is 2. The number of nitrogens with one attached hydrogen (secondary N) is 1. The van der Waals surface area contributed by atoms with E-state index in [9.17, 15) is 4.79 Å². The number of nitrogens with two attached hydrogens (primary N) is 1. The summed E-state index contributed by atoms with van der Waals surface area (Å²) in [5, 5.41) is 16.6. The maximum atomic E-state index is 12.0. The lowest BCUT2D eigenvalue weighted by Crippen LogP contribution is -2.14. The molecule has 1 amide bonds. The Kier molecular flexibility index (Phi) is 4.56. The predicted molar refractivity (Wildman–Crippen MR) is 112 cm³/mol. The van der Waals surface area contributed by atoms with Crippen LogP contribution in [0.5, 0.6) is 0 Å². The fraction of sp³-hybridized carbons (Fsp3) is 0.190. The number of nitriles is 1. The van der Waals surface area contributed by atoms with E-state index in [4.69, 9.17) is 11.0 Å². The largest absolute Gasteiger partial charge is 0.398 e. The van der Waals surface area contributed by atoms with Gasteiger partial charge in [0.2, 0.25) is 5.91 Å². The number of nitrogens with zero attached hydrogens (tertiary/aromatic N) is 5. The van der Waals surface area contributed by atoms with E-state index in [2.05, 4.69) is 27.0 Å². The number of aromatic nitrogens is 4. The number of carbonyl (C=O) groups excluding carboxylic acids is 1. The number of carbonyl (C=O) groups is 1. The molecule has 1 aromatic carbocycles. The summed E-state index contributed by atoms with van der Waals surface area (Å²) in [6.07, 6.45) is 9.16. The molecular weight excluding hydrogens is 366 g/mol. The number of anilines is 2. The lowest BCUT2D eigenvalue weighted by molar-refractivity contribution is -0.117. The molecule has 1 aliphatic rings. The van der Waals surface area contributed by atoms with E-state index in [1.54, 1.807) is 17.1 Å². The molecule has 144 valence electrons. The number of benzene rings is 1. The van der Waals surface area contributed by atoms with Gasteiger partial charge in [0.15, 0.2) is 0 Å². The first-order valence-electron chi connectivity index (χ1n) is 9.12. The Morgan fingerprint density at radius 3 is 2.76 bits per heavy atom. The standard InChI is InChI=1S/C20H18N6O.CHN/c1-26-10-16-14(7-22-9-18(16)25-26)12-4-13-6-19(24-20(27)11-2-3-11)23-8-15(13)17(21)5-12;1-2/h4-11H,2-3,21H2,1H3,(H,23,24,27);1H. The summed E-state index contributed by atoms with van der Waals surface area (Å²) in [6, 6.07) is 5.84. The van der Waals surface area contributed by atoms with Crippen LogP contribution in [0.15, 0.2) is 43.0 Å². The molecule has 0 saturated heterocycles. The Bertz CT molecular complexity index is 1250. The van der Waals surface area contributed by atoms with Gasteiger partial charge in [-0.3, -0.25) is 14.5 Å². The number of amides is 1. The van der Waals surface area contributed by atoms with Crippen molar-refractivity contribution >= 4 is 39.1 Å². The molecule has 0 unspecified atom stereocenters. The zero-order valence-corrected chi connectivity index (χ0v) is 15.8. The topological polar surface area (TPSA) is 123 Å². The molecule has 8 heteroatoms. The van der Waals surface area contributed by atoms with Gasteiger partial charge in [-0.1, -0.05) is 0 Å². The van der Waals surface area contributed by atoms with Gasteiger partial charge >= 0.3 is 0 Å². The van der Waals surface area contributed by atoms with Gasteiger partial charge in [0, 0.05) is 60.2 Å². The van der Waals surface area contributed by atoms with Crippen LogP contribution >= 0.6 is 0 Å². The van der Waals surface area contributed by atoms with Gasteiger partial charge in [-0.15, -0.1) is 0 Å². The number of rotatable bonds is 3. The fourth-order valence-electron chi connectivity index (χ4n) is 3.37. The average molecular weight is 385 g/mol. The second-order valence-corrected chi connectivity index (χ2v) is 7.04. The first kappa shape index (κ1) is 18.4. The Hall–Kier alpha value is -3.99. The lowest BCUT2D eigenvalue weighted by Gasteiger charge is -2.10. The van der Waals surface area contributed by atoms with Crippen molar-refractivity contribution in [3.8, 4) is 17.7 Å². The summed E-state index contributed by atoms with van der Waals surface area (Å²) >= 11 is 0. The van der Waals surface area contributed by atoms with Gasteiger partial charge in [0.1, 0.15) is 11.3 Å². The highest BCUT2D eigenvalue weighted by Gasteiger charge is 2.29. The van der Waals surface area contributed by atoms with Crippen LogP contribution in [-0.2, 0) is 11.8 Å². The molecule has 0 aliphatic heterocycles. The minimum Gasteiger partial charge on any atom is -0.398 e. The monoisotopic (exact) mass is 385 g/mol. The first-order valence-corrected chi connectivity index (χ1v) is 9.12. The van der Waals surface area contributed by atoms with Crippen molar-refractivity contribution in [2.45, 2.75) is 12.8 Å². The van der Waals surface area contributed by atoms with Crippen LogP contribution in [0.25, 0.3) is 32.8 Å². The van der Waals surface area contributed by atoms with Crippen LogP contribution in [-0.4, -0.2) is 25.7 Å². The average Bonchev–Trinajstić information content (AvgIpc) is 3.50. The van der Waals surface area contributed by atoms with Gasteiger partial charge < -0.3 is 11.1 Å². The highest BCUT2D eigenvalue weighted by molar-refractivity contribution is 6.02. The molecule has 3 N–H and O–H groups in total.